The molecule has 1 aromatic heterocycles. The molecule has 0 atom stereocenters. The minimum absolute atomic E-state index is 0.000879. The number of anilines is 1. The van der Waals surface area contributed by atoms with Gasteiger partial charge in [0.1, 0.15) is 5.82 Å². The first-order valence-corrected chi connectivity index (χ1v) is 9.20. The minimum Gasteiger partial charge on any atom is -0.465 e. The van der Waals surface area contributed by atoms with Gasteiger partial charge >= 0.3 is 5.97 Å². The van der Waals surface area contributed by atoms with Gasteiger partial charge in [0, 0.05) is 29.7 Å². The van der Waals surface area contributed by atoms with Gasteiger partial charge in [0.25, 0.3) is 5.91 Å². The molecular formula is C22H17ClFN3O3. The van der Waals surface area contributed by atoms with Gasteiger partial charge in [-0.3, -0.25) is 4.79 Å². The number of hydrogen-bond acceptors (Lipinski definition) is 4. The molecule has 0 radical (unpaired) electrons. The maximum absolute atomic E-state index is 14.0. The Morgan fingerprint density at radius 1 is 1.17 bits per heavy atom. The van der Waals surface area contributed by atoms with Crippen LogP contribution in [0, 0.1) is 24.1 Å². The van der Waals surface area contributed by atoms with Gasteiger partial charge in [-0.1, -0.05) is 11.6 Å². The Morgan fingerprint density at radius 2 is 1.83 bits per heavy atom. The molecule has 0 saturated carbocycles. The molecule has 3 rings (SSSR count). The fourth-order valence-corrected chi connectivity index (χ4v) is 3.22. The number of hydrogen-bond donors (Lipinski definition) is 1. The number of esters is 1. The highest BCUT2D eigenvalue weighted by atomic mass is 35.5. The highest BCUT2D eigenvalue weighted by Crippen LogP contribution is 2.32. The third-order valence-electron chi connectivity index (χ3n) is 4.79. The first-order valence-electron chi connectivity index (χ1n) is 8.82. The van der Waals surface area contributed by atoms with Crippen LogP contribution in [0.15, 0.2) is 42.5 Å². The van der Waals surface area contributed by atoms with E-state index in [1.165, 1.54) is 13.2 Å². The van der Waals surface area contributed by atoms with Crippen molar-refractivity contribution in [1.82, 2.24) is 4.57 Å². The van der Waals surface area contributed by atoms with E-state index in [9.17, 15) is 14.0 Å². The number of carbonyl (C=O) groups is 2. The molecule has 0 fully saturated rings. The number of amides is 1. The van der Waals surface area contributed by atoms with Gasteiger partial charge in [-0.25, -0.2) is 9.18 Å². The van der Waals surface area contributed by atoms with Crippen molar-refractivity contribution in [1.29, 1.82) is 5.26 Å². The zero-order valence-corrected chi connectivity index (χ0v) is 17.2. The second-order valence-electron chi connectivity index (χ2n) is 6.53. The van der Waals surface area contributed by atoms with Gasteiger partial charge in [0.15, 0.2) is 0 Å². The largest absolute Gasteiger partial charge is 0.465 e. The molecule has 8 heteroatoms. The van der Waals surface area contributed by atoms with Crippen molar-refractivity contribution in [3.63, 3.8) is 0 Å². The summed E-state index contributed by atoms with van der Waals surface area (Å²) >= 11 is 5.94. The summed E-state index contributed by atoms with van der Waals surface area (Å²) in [6, 6.07) is 12.4. The molecule has 0 aliphatic heterocycles. The average Bonchev–Trinajstić information content (AvgIpc) is 3.04. The van der Waals surface area contributed by atoms with Crippen molar-refractivity contribution < 1.29 is 18.7 Å². The molecule has 1 heterocycles. The van der Waals surface area contributed by atoms with E-state index in [1.54, 1.807) is 48.9 Å². The Morgan fingerprint density at radius 3 is 2.43 bits per heavy atom. The Labute approximate surface area is 177 Å². The maximum Gasteiger partial charge on any atom is 0.338 e. The smallest absolute Gasteiger partial charge is 0.338 e. The van der Waals surface area contributed by atoms with Crippen LogP contribution in [0.25, 0.3) is 11.3 Å². The zero-order chi connectivity index (χ0) is 22.0. The van der Waals surface area contributed by atoms with Gasteiger partial charge in [0.2, 0.25) is 0 Å². The number of halogens is 2. The highest BCUT2D eigenvalue weighted by molar-refractivity contribution is 6.31. The number of aromatic nitrogens is 1. The van der Waals surface area contributed by atoms with Gasteiger partial charge in [0.05, 0.1) is 34.9 Å². The van der Waals surface area contributed by atoms with Crippen LogP contribution in [0.4, 0.5) is 10.1 Å². The van der Waals surface area contributed by atoms with Crippen molar-refractivity contribution in [2.24, 2.45) is 7.05 Å². The Bertz CT molecular complexity index is 1190. The normalized spacial score (nSPS) is 10.4. The van der Waals surface area contributed by atoms with E-state index in [2.05, 4.69) is 5.32 Å². The van der Waals surface area contributed by atoms with E-state index in [0.29, 0.717) is 33.8 Å². The molecule has 1 amide bonds. The van der Waals surface area contributed by atoms with Crippen LogP contribution in [0.2, 0.25) is 5.02 Å². The maximum atomic E-state index is 14.0. The number of ether oxygens (including phenoxy) is 1. The lowest BCUT2D eigenvalue weighted by atomic mass is 10.0. The van der Waals surface area contributed by atoms with Crippen molar-refractivity contribution in [3.8, 4) is 17.3 Å². The summed E-state index contributed by atoms with van der Waals surface area (Å²) in [4.78, 5) is 25.0. The number of methoxy groups -OCH3 is 1. The molecule has 2 aromatic carbocycles. The number of nitriles is 1. The second kappa shape index (κ2) is 8.39. The van der Waals surface area contributed by atoms with Gasteiger partial charge in [-0.2, -0.15) is 5.26 Å². The molecule has 6 nitrogen and oxygen atoms in total. The fourth-order valence-electron chi connectivity index (χ4n) is 3.05. The molecule has 1 N–H and O–H groups in total. The first kappa shape index (κ1) is 21.1. The lowest BCUT2D eigenvalue weighted by molar-refractivity contribution is 0.0601. The number of nitrogens with one attached hydrogen (secondary N) is 1. The van der Waals surface area contributed by atoms with Gasteiger partial charge < -0.3 is 14.6 Å². The number of carbonyl (C=O) groups excluding carboxylic acids is 2. The van der Waals surface area contributed by atoms with E-state index >= 15 is 0 Å². The highest BCUT2D eigenvalue weighted by Gasteiger charge is 2.23. The summed E-state index contributed by atoms with van der Waals surface area (Å²) in [5.41, 5.74) is 2.86. The summed E-state index contributed by atoms with van der Waals surface area (Å²) < 4.78 is 20.4. The van der Waals surface area contributed by atoms with Crippen molar-refractivity contribution >= 4 is 29.2 Å². The minimum atomic E-state index is -0.745. The van der Waals surface area contributed by atoms with Crippen LogP contribution in [0.5, 0.6) is 0 Å². The van der Waals surface area contributed by atoms with E-state index < -0.39 is 11.8 Å². The van der Waals surface area contributed by atoms with E-state index in [0.717, 1.165) is 6.07 Å². The third-order valence-corrected chi connectivity index (χ3v) is 5.08. The summed E-state index contributed by atoms with van der Waals surface area (Å²) in [5, 5.41) is 11.5. The molecule has 0 unspecified atom stereocenters. The summed E-state index contributed by atoms with van der Waals surface area (Å²) in [7, 11) is 2.92. The summed E-state index contributed by atoms with van der Waals surface area (Å²) in [5.74, 6) is -1.83. The zero-order valence-electron chi connectivity index (χ0n) is 16.4. The second-order valence-corrected chi connectivity index (χ2v) is 6.94. The Balaban J connectivity index is 2.03. The molecule has 0 aliphatic carbocycles. The van der Waals surface area contributed by atoms with Crippen molar-refractivity contribution in [2.75, 3.05) is 12.4 Å². The number of rotatable bonds is 4. The third kappa shape index (κ3) is 3.91. The summed E-state index contributed by atoms with van der Waals surface area (Å²) in [6.07, 6.45) is 0. The monoisotopic (exact) mass is 425 g/mol. The number of benzene rings is 2. The van der Waals surface area contributed by atoms with Crippen LogP contribution in [-0.4, -0.2) is 23.6 Å². The summed E-state index contributed by atoms with van der Waals surface area (Å²) in [6.45, 7) is 1.75. The SMILES string of the molecule is COC(=O)c1cc(F)c(Cl)cc1-c1cc(C(=O)Nc2ccc(C#N)cc2)c(C)n1C. The molecule has 0 spiro atoms. The van der Waals surface area contributed by atoms with Crippen molar-refractivity contribution in [2.45, 2.75) is 6.92 Å². The molecule has 3 aromatic rings. The standard InChI is InChI=1S/C22H17ClFN3O3/c1-12-15(21(28)26-14-6-4-13(11-25)5-7-14)10-20(27(12)2)16-8-18(23)19(24)9-17(16)22(29)30-3/h4-10H,1-3H3,(H,26,28). The Hall–Kier alpha value is -3.63. The quantitative estimate of drug-likeness (QED) is 0.614. The van der Waals surface area contributed by atoms with Crippen LogP contribution < -0.4 is 5.32 Å². The topological polar surface area (TPSA) is 84.1 Å². The Kier molecular flexibility index (Phi) is 5.90. The van der Waals surface area contributed by atoms with Crippen LogP contribution in [0.1, 0.15) is 32.0 Å². The predicted octanol–water partition coefficient (Wildman–Crippen LogP) is 4.70. The lowest BCUT2D eigenvalue weighted by Crippen LogP contribution is -2.12. The van der Waals surface area contributed by atoms with Crippen molar-refractivity contribution in [3.05, 3.63) is 75.7 Å². The fraction of sp³-hybridized carbons (Fsp3) is 0.136. The molecule has 0 saturated heterocycles. The molecular weight excluding hydrogens is 409 g/mol. The molecule has 0 bridgehead atoms. The first-order chi connectivity index (χ1) is 14.3. The van der Waals surface area contributed by atoms with Crippen LogP contribution in [-0.2, 0) is 11.8 Å². The number of nitrogens with zero attached hydrogens (tertiary/aromatic N) is 2. The lowest BCUT2D eigenvalue weighted by Gasteiger charge is -2.11. The van der Waals surface area contributed by atoms with E-state index in [-0.39, 0.29) is 16.5 Å². The van der Waals surface area contributed by atoms with Gasteiger partial charge in [-0.05, 0) is 49.4 Å². The van der Waals surface area contributed by atoms with Crippen LogP contribution in [0.3, 0.4) is 0 Å². The van der Waals surface area contributed by atoms with E-state index in [1.807, 2.05) is 6.07 Å². The van der Waals surface area contributed by atoms with Crippen LogP contribution >= 0.6 is 11.6 Å². The van der Waals surface area contributed by atoms with E-state index in [4.69, 9.17) is 21.6 Å². The average molecular weight is 426 g/mol. The molecule has 0 aliphatic rings. The molecule has 152 valence electrons. The van der Waals surface area contributed by atoms with Gasteiger partial charge in [-0.15, -0.1) is 0 Å². The molecule has 30 heavy (non-hydrogen) atoms. The predicted molar refractivity (Wildman–Crippen MR) is 111 cm³/mol.